The molecule has 1 rings (SSSR count). The van der Waals surface area contributed by atoms with E-state index in [-0.39, 0.29) is 29.9 Å². The number of amides is 1. The van der Waals surface area contributed by atoms with E-state index in [2.05, 4.69) is 10.6 Å². The average Bonchev–Trinajstić information content (AvgIpc) is 2.25. The first kappa shape index (κ1) is 13.8. The van der Waals surface area contributed by atoms with E-state index in [1.165, 1.54) is 18.2 Å². The van der Waals surface area contributed by atoms with Crippen LogP contribution in [0.25, 0.3) is 0 Å². The van der Waals surface area contributed by atoms with Crippen LogP contribution in [0.4, 0.5) is 17.1 Å². The molecule has 0 fully saturated rings. The number of nitro benzene ring substituents is 1. The van der Waals surface area contributed by atoms with Gasteiger partial charge in [-0.2, -0.15) is 0 Å². The Kier molecular flexibility index (Phi) is 4.47. The number of nitrogens with two attached hydrogens (primary N) is 1. The van der Waals surface area contributed by atoms with Gasteiger partial charge in [-0.05, 0) is 26.0 Å². The van der Waals surface area contributed by atoms with Gasteiger partial charge in [0, 0.05) is 17.8 Å². The Bertz CT molecular complexity index is 460. The quantitative estimate of drug-likeness (QED) is 0.413. The minimum Gasteiger partial charge on any atom is -0.393 e. The maximum atomic E-state index is 11.4. The Balaban J connectivity index is 2.61. The summed E-state index contributed by atoms with van der Waals surface area (Å²) in [4.78, 5) is 21.4. The first-order valence-corrected chi connectivity index (χ1v) is 5.47. The van der Waals surface area contributed by atoms with Gasteiger partial charge in [0.25, 0.3) is 5.69 Å². The highest BCUT2D eigenvalue weighted by molar-refractivity contribution is 5.81. The fourth-order valence-electron chi connectivity index (χ4n) is 1.39. The van der Waals surface area contributed by atoms with Gasteiger partial charge in [-0.1, -0.05) is 0 Å². The van der Waals surface area contributed by atoms with Gasteiger partial charge < -0.3 is 16.4 Å². The van der Waals surface area contributed by atoms with Gasteiger partial charge in [-0.25, -0.2) is 0 Å². The molecule has 98 valence electrons. The predicted molar refractivity (Wildman–Crippen MR) is 69.3 cm³/mol. The van der Waals surface area contributed by atoms with Crippen molar-refractivity contribution in [1.82, 2.24) is 5.32 Å². The molecule has 7 heteroatoms. The van der Waals surface area contributed by atoms with Crippen LogP contribution in [-0.2, 0) is 4.79 Å². The zero-order valence-corrected chi connectivity index (χ0v) is 10.3. The first-order chi connectivity index (χ1) is 8.40. The topological polar surface area (TPSA) is 110 Å². The van der Waals surface area contributed by atoms with Crippen LogP contribution in [0.1, 0.15) is 13.8 Å². The zero-order valence-electron chi connectivity index (χ0n) is 10.3. The highest BCUT2D eigenvalue weighted by atomic mass is 16.6. The fraction of sp³-hybridized carbons (Fsp3) is 0.364. The molecule has 0 heterocycles. The van der Waals surface area contributed by atoms with Crippen molar-refractivity contribution in [2.75, 3.05) is 17.6 Å². The molecular weight excluding hydrogens is 236 g/mol. The summed E-state index contributed by atoms with van der Waals surface area (Å²) in [6.45, 7) is 3.82. The van der Waals surface area contributed by atoms with Gasteiger partial charge in [0.1, 0.15) is 5.69 Å². The van der Waals surface area contributed by atoms with E-state index in [0.29, 0.717) is 5.69 Å². The van der Waals surface area contributed by atoms with E-state index >= 15 is 0 Å². The number of rotatable bonds is 5. The second kappa shape index (κ2) is 5.85. The number of carbonyl (C=O) groups excluding carboxylic acids is 1. The monoisotopic (exact) mass is 252 g/mol. The molecule has 0 aliphatic heterocycles. The van der Waals surface area contributed by atoms with Gasteiger partial charge in [-0.3, -0.25) is 14.9 Å². The van der Waals surface area contributed by atoms with Crippen molar-refractivity contribution in [3.8, 4) is 0 Å². The van der Waals surface area contributed by atoms with Gasteiger partial charge in [-0.15, -0.1) is 0 Å². The predicted octanol–water partition coefficient (Wildman–Crippen LogP) is 1.11. The van der Waals surface area contributed by atoms with E-state index in [9.17, 15) is 14.9 Å². The lowest BCUT2D eigenvalue weighted by atomic mass is 10.2. The van der Waals surface area contributed by atoms with Crippen LogP contribution < -0.4 is 16.4 Å². The van der Waals surface area contributed by atoms with Crippen molar-refractivity contribution in [3.63, 3.8) is 0 Å². The summed E-state index contributed by atoms with van der Waals surface area (Å²) in [5.74, 6) is -0.151. The summed E-state index contributed by atoms with van der Waals surface area (Å²) in [6, 6.07) is 4.32. The number of nitrogen functional groups attached to an aromatic ring is 1. The summed E-state index contributed by atoms with van der Waals surface area (Å²) >= 11 is 0. The molecule has 0 saturated heterocycles. The fourth-order valence-corrected chi connectivity index (χ4v) is 1.39. The van der Waals surface area contributed by atoms with Crippen molar-refractivity contribution in [1.29, 1.82) is 0 Å². The lowest BCUT2D eigenvalue weighted by Gasteiger charge is -2.10. The summed E-state index contributed by atoms with van der Waals surface area (Å²) in [5, 5.41) is 16.1. The van der Waals surface area contributed by atoms with Gasteiger partial charge in [0.15, 0.2) is 0 Å². The van der Waals surface area contributed by atoms with Crippen LogP contribution in [0.2, 0.25) is 0 Å². The Morgan fingerprint density at radius 2 is 2.17 bits per heavy atom. The Morgan fingerprint density at radius 1 is 1.50 bits per heavy atom. The second-order valence-electron chi connectivity index (χ2n) is 4.11. The molecule has 4 N–H and O–H groups in total. The van der Waals surface area contributed by atoms with Crippen LogP contribution in [0.5, 0.6) is 0 Å². The molecule has 1 aromatic carbocycles. The number of anilines is 2. The SMILES string of the molecule is CC(C)NC(=O)CNc1ccc([N+](=O)[O-])c(N)c1. The van der Waals surface area contributed by atoms with Gasteiger partial charge >= 0.3 is 0 Å². The molecule has 0 spiro atoms. The third kappa shape index (κ3) is 3.93. The Hall–Kier alpha value is -2.31. The highest BCUT2D eigenvalue weighted by Gasteiger charge is 2.11. The maximum absolute atomic E-state index is 11.4. The molecule has 0 bridgehead atoms. The van der Waals surface area contributed by atoms with Crippen molar-refractivity contribution in [2.45, 2.75) is 19.9 Å². The maximum Gasteiger partial charge on any atom is 0.292 e. The van der Waals surface area contributed by atoms with Gasteiger partial charge in [0.05, 0.1) is 11.5 Å². The van der Waals surface area contributed by atoms with E-state index in [0.717, 1.165) is 0 Å². The highest BCUT2D eigenvalue weighted by Crippen LogP contribution is 2.24. The molecule has 0 saturated carbocycles. The summed E-state index contributed by atoms with van der Waals surface area (Å²) in [6.07, 6.45) is 0. The van der Waals surface area contributed by atoms with Crippen molar-refractivity contribution in [2.24, 2.45) is 0 Å². The third-order valence-electron chi connectivity index (χ3n) is 2.13. The largest absolute Gasteiger partial charge is 0.393 e. The Labute approximate surface area is 105 Å². The number of hydrogen-bond donors (Lipinski definition) is 3. The standard InChI is InChI=1S/C11H16N4O3/c1-7(2)14-11(16)6-13-8-3-4-10(15(17)18)9(12)5-8/h3-5,7,13H,6,12H2,1-2H3,(H,14,16). The average molecular weight is 252 g/mol. The molecule has 0 aliphatic rings. The molecule has 1 aromatic rings. The molecule has 1 amide bonds. The molecular formula is C11H16N4O3. The van der Waals surface area contributed by atoms with Crippen molar-refractivity contribution in [3.05, 3.63) is 28.3 Å². The number of hydrogen-bond acceptors (Lipinski definition) is 5. The zero-order chi connectivity index (χ0) is 13.7. The molecule has 0 aromatic heterocycles. The smallest absolute Gasteiger partial charge is 0.292 e. The number of carbonyl (C=O) groups is 1. The van der Waals surface area contributed by atoms with E-state index in [1.54, 1.807) is 0 Å². The summed E-state index contributed by atoms with van der Waals surface area (Å²) in [5.41, 5.74) is 6.01. The van der Waals surface area contributed by atoms with Crippen LogP contribution >= 0.6 is 0 Å². The van der Waals surface area contributed by atoms with Crippen LogP contribution in [0, 0.1) is 10.1 Å². The van der Waals surface area contributed by atoms with Gasteiger partial charge in [0.2, 0.25) is 5.91 Å². The number of nitrogens with zero attached hydrogens (tertiary/aromatic N) is 1. The summed E-state index contributed by atoms with van der Waals surface area (Å²) < 4.78 is 0. The van der Waals surface area contributed by atoms with Crippen LogP contribution in [0.15, 0.2) is 18.2 Å². The number of benzene rings is 1. The van der Waals surface area contributed by atoms with E-state index < -0.39 is 4.92 Å². The van der Waals surface area contributed by atoms with E-state index in [4.69, 9.17) is 5.73 Å². The molecule has 0 unspecified atom stereocenters. The molecule has 0 radical (unpaired) electrons. The van der Waals surface area contributed by atoms with E-state index in [1.807, 2.05) is 13.8 Å². The lowest BCUT2D eigenvalue weighted by molar-refractivity contribution is -0.383. The van der Waals surface area contributed by atoms with Crippen molar-refractivity contribution < 1.29 is 9.72 Å². The first-order valence-electron chi connectivity index (χ1n) is 5.47. The third-order valence-corrected chi connectivity index (χ3v) is 2.13. The van der Waals surface area contributed by atoms with Crippen LogP contribution in [-0.4, -0.2) is 23.4 Å². The second-order valence-corrected chi connectivity index (χ2v) is 4.11. The van der Waals surface area contributed by atoms with Crippen LogP contribution in [0.3, 0.4) is 0 Å². The Morgan fingerprint density at radius 3 is 2.67 bits per heavy atom. The molecule has 0 atom stereocenters. The number of nitrogens with one attached hydrogen (secondary N) is 2. The normalized spacial score (nSPS) is 10.2. The molecule has 7 nitrogen and oxygen atoms in total. The number of nitro groups is 1. The van der Waals surface area contributed by atoms with Crippen molar-refractivity contribution >= 4 is 23.0 Å². The summed E-state index contributed by atoms with van der Waals surface area (Å²) in [7, 11) is 0. The minimum absolute atomic E-state index is 0.0641. The lowest BCUT2D eigenvalue weighted by Crippen LogP contribution is -2.34. The molecule has 18 heavy (non-hydrogen) atoms. The molecule has 0 aliphatic carbocycles. The minimum atomic E-state index is -0.551.